The molecule has 3 aliphatic heterocycles. The number of carbonyl (C=O) groups is 3. The van der Waals surface area contributed by atoms with Crippen LogP contribution in [-0.2, 0) is 32.1 Å². The van der Waals surface area contributed by atoms with Gasteiger partial charge in [-0.2, -0.15) is 0 Å². The van der Waals surface area contributed by atoms with Gasteiger partial charge in [-0.25, -0.2) is 0 Å². The summed E-state index contributed by atoms with van der Waals surface area (Å²) >= 11 is 0. The number of amides is 2. The fourth-order valence-corrected chi connectivity index (χ4v) is 6.91. The second-order valence-electron chi connectivity index (χ2n) is 10.8. The molecule has 8 heteroatoms. The number of carboxylic acid groups (broad SMARTS) is 1. The van der Waals surface area contributed by atoms with Crippen molar-refractivity contribution in [3.63, 3.8) is 0 Å². The second-order valence-corrected chi connectivity index (χ2v) is 10.8. The molecule has 3 aliphatic rings. The Bertz CT molecular complexity index is 1220. The number of carboxylic acids is 1. The fraction of sp³-hybridized carbons (Fsp3) is 0.433. The average Bonchev–Trinajstić information content (AvgIpc) is 3.48. The maximum atomic E-state index is 14.4. The summed E-state index contributed by atoms with van der Waals surface area (Å²) in [4.78, 5) is 44.1. The molecule has 5 rings (SSSR count). The Kier molecular flexibility index (Phi) is 6.88. The zero-order valence-corrected chi connectivity index (χ0v) is 21.5. The number of nitrogens with zero attached hydrogens (tertiary/aromatic N) is 2. The highest BCUT2D eigenvalue weighted by Crippen LogP contribution is 2.63. The van der Waals surface area contributed by atoms with Crippen molar-refractivity contribution in [1.29, 1.82) is 0 Å². The highest BCUT2D eigenvalue weighted by molar-refractivity contribution is 5.98. The first-order valence-corrected chi connectivity index (χ1v) is 13.1. The summed E-state index contributed by atoms with van der Waals surface area (Å²) in [6.45, 7) is 5.73. The first-order valence-electron chi connectivity index (χ1n) is 13.1. The van der Waals surface area contributed by atoms with E-state index in [4.69, 9.17) is 4.74 Å². The topological polar surface area (TPSA) is 107 Å². The molecule has 0 aromatic heterocycles. The molecule has 2 amide bonds. The van der Waals surface area contributed by atoms with E-state index in [1.807, 2.05) is 60.7 Å². The van der Waals surface area contributed by atoms with E-state index < -0.39 is 47.0 Å². The number of aliphatic hydroxyl groups excluding tert-OH is 1. The third-order valence-electron chi connectivity index (χ3n) is 8.51. The molecule has 3 fully saturated rings. The molecule has 1 spiro atoms. The van der Waals surface area contributed by atoms with Crippen molar-refractivity contribution in [1.82, 2.24) is 9.80 Å². The lowest BCUT2D eigenvalue weighted by Crippen LogP contribution is -2.59. The molecule has 2 aromatic rings. The number of fused-ring (bicyclic) bond motifs is 1. The first-order chi connectivity index (χ1) is 18.3. The SMILES string of the molecule is C=CCN(Cc1ccccc1)C(=O)C1N([C@@H](CO)Cc2ccccc2)C(=O)[C@@H]2[C@@H](C(=O)O)[C@@]3(C)CCC12O3. The molecule has 3 saturated heterocycles. The van der Waals surface area contributed by atoms with E-state index in [0.717, 1.165) is 11.1 Å². The molecule has 8 nitrogen and oxygen atoms in total. The van der Waals surface area contributed by atoms with E-state index in [1.165, 1.54) is 4.90 Å². The van der Waals surface area contributed by atoms with Gasteiger partial charge in [-0.05, 0) is 37.3 Å². The van der Waals surface area contributed by atoms with Crippen LogP contribution in [0, 0.1) is 11.8 Å². The van der Waals surface area contributed by atoms with Gasteiger partial charge in [-0.1, -0.05) is 66.7 Å². The number of carbonyl (C=O) groups excluding carboxylic acids is 2. The minimum Gasteiger partial charge on any atom is -0.481 e. The summed E-state index contributed by atoms with van der Waals surface area (Å²) in [6, 6.07) is 17.2. The van der Waals surface area contributed by atoms with Crippen molar-refractivity contribution in [2.24, 2.45) is 11.8 Å². The van der Waals surface area contributed by atoms with Crippen LogP contribution in [0.2, 0.25) is 0 Å². The Morgan fingerprint density at radius 2 is 1.76 bits per heavy atom. The lowest BCUT2D eigenvalue weighted by Gasteiger charge is -2.39. The molecular weight excluding hydrogens is 484 g/mol. The van der Waals surface area contributed by atoms with Crippen molar-refractivity contribution in [3.8, 4) is 0 Å². The summed E-state index contributed by atoms with van der Waals surface area (Å²) in [5, 5.41) is 20.7. The number of aliphatic carboxylic acids is 1. The lowest BCUT2D eigenvalue weighted by atomic mass is 9.66. The van der Waals surface area contributed by atoms with Crippen LogP contribution in [0.1, 0.15) is 30.9 Å². The van der Waals surface area contributed by atoms with Crippen molar-refractivity contribution < 1.29 is 29.3 Å². The zero-order chi connectivity index (χ0) is 27.1. The Labute approximate surface area is 222 Å². The van der Waals surface area contributed by atoms with Gasteiger partial charge in [0.05, 0.1) is 30.1 Å². The van der Waals surface area contributed by atoms with Crippen LogP contribution in [-0.4, -0.2) is 74.2 Å². The molecule has 3 heterocycles. The van der Waals surface area contributed by atoms with Gasteiger partial charge in [0.15, 0.2) is 0 Å². The molecule has 6 atom stereocenters. The number of hydrogen-bond acceptors (Lipinski definition) is 5. The molecule has 0 aliphatic carbocycles. The normalized spacial score (nSPS) is 30.2. The lowest BCUT2D eigenvalue weighted by molar-refractivity contribution is -0.158. The van der Waals surface area contributed by atoms with E-state index in [2.05, 4.69) is 6.58 Å². The largest absolute Gasteiger partial charge is 0.481 e. The summed E-state index contributed by atoms with van der Waals surface area (Å²) in [5.74, 6) is -3.93. The standard InChI is InChI=1S/C30H34N2O6/c1-3-16-31(18-21-12-8-5-9-13-21)27(35)25-30-15-14-29(2,38-30)24(28(36)37)23(30)26(34)32(25)22(19-33)17-20-10-6-4-7-11-20/h3-13,22-25,33H,1,14-19H2,2H3,(H,36,37)/t22-,23+,24+,25?,29-,30?/m1/s1. The summed E-state index contributed by atoms with van der Waals surface area (Å²) < 4.78 is 6.50. The van der Waals surface area contributed by atoms with E-state index in [9.17, 15) is 24.6 Å². The second kappa shape index (κ2) is 10.0. The molecule has 2 unspecified atom stereocenters. The highest BCUT2D eigenvalue weighted by Gasteiger charge is 2.78. The molecule has 38 heavy (non-hydrogen) atoms. The Hall–Kier alpha value is -3.49. The molecule has 2 N–H and O–H groups in total. The van der Waals surface area contributed by atoms with Gasteiger partial charge < -0.3 is 24.7 Å². The minimum absolute atomic E-state index is 0.245. The monoisotopic (exact) mass is 518 g/mol. The maximum absolute atomic E-state index is 14.4. The Morgan fingerprint density at radius 1 is 1.13 bits per heavy atom. The van der Waals surface area contributed by atoms with Crippen LogP contribution in [0.15, 0.2) is 73.3 Å². The smallest absolute Gasteiger partial charge is 0.310 e. The molecular formula is C30H34N2O6. The van der Waals surface area contributed by atoms with Gasteiger partial charge in [-0.15, -0.1) is 6.58 Å². The van der Waals surface area contributed by atoms with Gasteiger partial charge in [0, 0.05) is 13.1 Å². The number of likely N-dealkylation sites (tertiary alicyclic amines) is 1. The summed E-state index contributed by atoms with van der Waals surface area (Å²) in [5.41, 5.74) is -0.485. The van der Waals surface area contributed by atoms with Crippen LogP contribution in [0.3, 0.4) is 0 Å². The van der Waals surface area contributed by atoms with Crippen LogP contribution >= 0.6 is 0 Å². The Balaban J connectivity index is 1.58. The van der Waals surface area contributed by atoms with Crippen LogP contribution in [0.5, 0.6) is 0 Å². The van der Waals surface area contributed by atoms with Gasteiger partial charge >= 0.3 is 5.97 Å². The molecule has 200 valence electrons. The van der Waals surface area contributed by atoms with Gasteiger partial charge in [0.25, 0.3) is 0 Å². The van der Waals surface area contributed by atoms with Crippen LogP contribution < -0.4 is 0 Å². The predicted octanol–water partition coefficient (Wildman–Crippen LogP) is 2.65. The Morgan fingerprint density at radius 3 is 2.34 bits per heavy atom. The maximum Gasteiger partial charge on any atom is 0.310 e. The van der Waals surface area contributed by atoms with Crippen molar-refractivity contribution in [2.45, 2.75) is 56.0 Å². The van der Waals surface area contributed by atoms with E-state index >= 15 is 0 Å². The molecule has 2 bridgehead atoms. The number of ether oxygens (including phenoxy) is 1. The van der Waals surface area contributed by atoms with Gasteiger partial charge in [0.1, 0.15) is 11.6 Å². The third-order valence-corrected chi connectivity index (χ3v) is 8.51. The van der Waals surface area contributed by atoms with Gasteiger partial charge in [-0.3, -0.25) is 14.4 Å². The highest BCUT2D eigenvalue weighted by atomic mass is 16.5. The van der Waals surface area contributed by atoms with Crippen molar-refractivity contribution in [2.75, 3.05) is 13.2 Å². The van der Waals surface area contributed by atoms with E-state index in [1.54, 1.807) is 17.9 Å². The van der Waals surface area contributed by atoms with Crippen LogP contribution in [0.25, 0.3) is 0 Å². The average molecular weight is 519 g/mol. The van der Waals surface area contributed by atoms with Crippen LogP contribution in [0.4, 0.5) is 0 Å². The third kappa shape index (κ3) is 4.12. The van der Waals surface area contributed by atoms with E-state index in [0.29, 0.717) is 25.8 Å². The fourth-order valence-electron chi connectivity index (χ4n) is 6.91. The van der Waals surface area contributed by atoms with Gasteiger partial charge in [0.2, 0.25) is 11.8 Å². The number of rotatable bonds is 10. The van der Waals surface area contributed by atoms with Crippen molar-refractivity contribution >= 4 is 17.8 Å². The molecule has 2 aromatic carbocycles. The number of aliphatic hydroxyl groups is 1. The minimum atomic E-state index is -1.27. The predicted molar refractivity (Wildman–Crippen MR) is 140 cm³/mol. The zero-order valence-electron chi connectivity index (χ0n) is 21.5. The first kappa shape index (κ1) is 26.1. The molecule has 0 radical (unpaired) electrons. The number of hydrogen-bond donors (Lipinski definition) is 2. The number of benzene rings is 2. The van der Waals surface area contributed by atoms with E-state index in [-0.39, 0.29) is 19.1 Å². The van der Waals surface area contributed by atoms with Crippen molar-refractivity contribution in [3.05, 3.63) is 84.4 Å². The quantitative estimate of drug-likeness (QED) is 0.469. The molecule has 0 saturated carbocycles. The summed E-state index contributed by atoms with van der Waals surface area (Å²) in [7, 11) is 0. The summed E-state index contributed by atoms with van der Waals surface area (Å²) in [6.07, 6.45) is 2.80.